The number of aryl methyl sites for hydroxylation is 2. The molecular formula is C28H29N5OS. The average molecular weight is 484 g/mol. The molecule has 2 heterocycles. The average Bonchev–Trinajstić information content (AvgIpc) is 3.23. The fraction of sp³-hybridized carbons (Fsp3) is 0.250. The number of carbonyl (C=O) groups excluding carboxylic acids is 1. The van der Waals surface area contributed by atoms with Gasteiger partial charge in [-0.05, 0) is 67.4 Å². The lowest BCUT2D eigenvalue weighted by atomic mass is 10.00. The number of hydrogen-bond donors (Lipinski definition) is 2. The Hall–Kier alpha value is -3.71. The van der Waals surface area contributed by atoms with Crippen molar-refractivity contribution in [2.45, 2.75) is 39.3 Å². The minimum Gasteiger partial charge on any atom is -0.367 e. The molecule has 0 atom stereocenters. The van der Waals surface area contributed by atoms with Gasteiger partial charge >= 0.3 is 0 Å². The smallest absolute Gasteiger partial charge is 0.226 e. The minimum atomic E-state index is -0.0415. The fourth-order valence-electron chi connectivity index (χ4n) is 4.69. The van der Waals surface area contributed by atoms with E-state index in [-0.39, 0.29) is 5.91 Å². The lowest BCUT2D eigenvalue weighted by Gasteiger charge is -2.31. The molecule has 6 nitrogen and oxygen atoms in total. The summed E-state index contributed by atoms with van der Waals surface area (Å²) in [5.41, 5.74) is 6.81. The van der Waals surface area contributed by atoms with Crippen LogP contribution in [0.2, 0.25) is 0 Å². The van der Waals surface area contributed by atoms with Gasteiger partial charge in [-0.15, -0.1) is 0 Å². The fourth-order valence-corrected chi connectivity index (χ4v) is 4.91. The molecule has 35 heavy (non-hydrogen) atoms. The van der Waals surface area contributed by atoms with Crippen LogP contribution in [0.5, 0.6) is 0 Å². The van der Waals surface area contributed by atoms with Crippen LogP contribution in [0, 0.1) is 11.7 Å². The zero-order chi connectivity index (χ0) is 24.2. The van der Waals surface area contributed by atoms with Crippen molar-refractivity contribution < 1.29 is 4.79 Å². The Morgan fingerprint density at radius 1 is 1.09 bits per heavy atom. The van der Waals surface area contributed by atoms with Crippen LogP contribution in [0.3, 0.4) is 0 Å². The Morgan fingerprint density at radius 2 is 1.94 bits per heavy atom. The van der Waals surface area contributed by atoms with Crippen molar-refractivity contribution in [3.63, 3.8) is 0 Å². The molecule has 0 fully saturated rings. The molecule has 1 aromatic heterocycles. The van der Waals surface area contributed by atoms with E-state index in [2.05, 4.69) is 62.9 Å². The highest BCUT2D eigenvalue weighted by Gasteiger charge is 2.18. The van der Waals surface area contributed by atoms with Gasteiger partial charge in [0.05, 0.1) is 0 Å². The van der Waals surface area contributed by atoms with Gasteiger partial charge in [0.2, 0.25) is 5.91 Å². The van der Waals surface area contributed by atoms with Crippen molar-refractivity contribution in [3.8, 4) is 11.4 Å². The highest BCUT2D eigenvalue weighted by atomic mass is 32.1. The number of H-pyrrole nitrogens is 1. The van der Waals surface area contributed by atoms with Gasteiger partial charge < -0.3 is 10.2 Å². The number of carbonyl (C=O) groups is 1. The molecule has 178 valence electrons. The van der Waals surface area contributed by atoms with Gasteiger partial charge in [0.1, 0.15) is 0 Å². The summed E-state index contributed by atoms with van der Waals surface area (Å²) in [7, 11) is 0. The summed E-state index contributed by atoms with van der Waals surface area (Å²) in [6.07, 6.45) is 2.44. The van der Waals surface area contributed by atoms with Crippen LogP contribution in [-0.4, -0.2) is 27.2 Å². The van der Waals surface area contributed by atoms with E-state index in [0.29, 0.717) is 17.7 Å². The third kappa shape index (κ3) is 5.35. The molecule has 0 saturated carbocycles. The summed E-state index contributed by atoms with van der Waals surface area (Å²) in [5, 5.41) is 10.3. The summed E-state index contributed by atoms with van der Waals surface area (Å²) in [4.78, 5) is 15.2. The van der Waals surface area contributed by atoms with Crippen LogP contribution in [0.25, 0.3) is 11.4 Å². The minimum absolute atomic E-state index is 0.0415. The third-order valence-corrected chi connectivity index (χ3v) is 6.70. The van der Waals surface area contributed by atoms with Crippen molar-refractivity contribution in [3.05, 3.63) is 94.3 Å². The van der Waals surface area contributed by atoms with Gasteiger partial charge in [-0.25, -0.2) is 0 Å². The summed E-state index contributed by atoms with van der Waals surface area (Å²) in [5.74, 6) is 0.707. The molecule has 0 spiro atoms. The van der Waals surface area contributed by atoms with E-state index in [1.54, 1.807) is 0 Å². The zero-order valence-electron chi connectivity index (χ0n) is 19.8. The Balaban J connectivity index is 1.25. The first kappa shape index (κ1) is 23.1. The van der Waals surface area contributed by atoms with E-state index in [4.69, 9.17) is 12.2 Å². The van der Waals surface area contributed by atoms with Gasteiger partial charge in [-0.2, -0.15) is 5.10 Å². The maximum absolute atomic E-state index is 12.8. The standard InChI is InChI=1S/C28H29N5OS/c1-20-7-5-10-23(17-20)27-30-31-28(35)33(27)16-14-26(34)29-24-12-13-25-22(18-24)11-6-15-32(25)19-21-8-3-2-4-9-21/h2-5,7-10,12-13,17-18H,6,11,14-16,19H2,1H3,(H,29,34)(H,31,35). The maximum atomic E-state index is 12.8. The quantitative estimate of drug-likeness (QED) is 0.321. The largest absolute Gasteiger partial charge is 0.367 e. The monoisotopic (exact) mass is 483 g/mol. The first-order valence-electron chi connectivity index (χ1n) is 12.0. The molecule has 0 aliphatic carbocycles. The zero-order valence-corrected chi connectivity index (χ0v) is 20.6. The second kappa shape index (κ2) is 10.3. The van der Waals surface area contributed by atoms with Crippen LogP contribution in [0.1, 0.15) is 29.5 Å². The van der Waals surface area contributed by atoms with Crippen molar-refractivity contribution >= 4 is 29.5 Å². The topological polar surface area (TPSA) is 66.0 Å². The van der Waals surface area contributed by atoms with Crippen molar-refractivity contribution in [2.75, 3.05) is 16.8 Å². The molecule has 0 saturated heterocycles. The first-order chi connectivity index (χ1) is 17.1. The molecule has 3 aromatic carbocycles. The molecule has 1 amide bonds. The number of amides is 1. The predicted molar refractivity (Wildman–Crippen MR) is 143 cm³/mol. The number of aromatic nitrogens is 3. The van der Waals surface area contributed by atoms with Gasteiger partial charge in [-0.1, -0.05) is 54.1 Å². The van der Waals surface area contributed by atoms with Crippen LogP contribution in [0.15, 0.2) is 72.8 Å². The van der Waals surface area contributed by atoms with Gasteiger partial charge in [0.25, 0.3) is 0 Å². The summed E-state index contributed by atoms with van der Waals surface area (Å²) < 4.78 is 2.40. The van der Waals surface area contributed by atoms with Gasteiger partial charge in [0, 0.05) is 43.0 Å². The molecule has 5 rings (SSSR count). The first-order valence-corrected chi connectivity index (χ1v) is 12.4. The number of nitrogens with one attached hydrogen (secondary N) is 2. The molecule has 1 aliphatic heterocycles. The van der Waals surface area contributed by atoms with E-state index in [1.807, 2.05) is 41.8 Å². The number of nitrogens with zero attached hydrogens (tertiary/aromatic N) is 3. The van der Waals surface area contributed by atoms with Gasteiger partial charge in [0.15, 0.2) is 10.6 Å². The van der Waals surface area contributed by atoms with Crippen LogP contribution in [0.4, 0.5) is 11.4 Å². The predicted octanol–water partition coefficient (Wildman–Crippen LogP) is 5.90. The SMILES string of the molecule is Cc1cccc(-c2n[nH]c(=S)n2CCC(=O)Nc2ccc3c(c2)CCCN3Cc2ccccc2)c1. The second-order valence-corrected chi connectivity index (χ2v) is 9.41. The molecule has 1 aliphatic rings. The lowest BCUT2D eigenvalue weighted by Crippen LogP contribution is -2.28. The Labute approximate surface area is 210 Å². The third-order valence-electron chi connectivity index (χ3n) is 6.39. The van der Waals surface area contributed by atoms with Crippen molar-refractivity contribution in [1.82, 2.24) is 14.8 Å². The van der Waals surface area contributed by atoms with Crippen LogP contribution in [-0.2, 0) is 24.3 Å². The highest BCUT2D eigenvalue weighted by Crippen LogP contribution is 2.31. The van der Waals surface area contributed by atoms with E-state index >= 15 is 0 Å². The van der Waals surface area contributed by atoms with Crippen LogP contribution >= 0.6 is 12.2 Å². The number of hydrogen-bond acceptors (Lipinski definition) is 4. The molecule has 0 unspecified atom stereocenters. The summed E-state index contributed by atoms with van der Waals surface area (Å²) in [6, 6.07) is 24.9. The normalized spacial score (nSPS) is 12.9. The number of fused-ring (bicyclic) bond motifs is 1. The van der Waals surface area contributed by atoms with E-state index in [0.717, 1.165) is 48.6 Å². The van der Waals surface area contributed by atoms with E-state index in [9.17, 15) is 4.79 Å². The Bertz CT molecular complexity index is 1390. The van der Waals surface area contributed by atoms with Gasteiger partial charge in [-0.3, -0.25) is 14.5 Å². The molecule has 0 radical (unpaired) electrons. The van der Waals surface area contributed by atoms with E-state index in [1.165, 1.54) is 16.8 Å². The highest BCUT2D eigenvalue weighted by molar-refractivity contribution is 7.71. The Morgan fingerprint density at radius 3 is 2.77 bits per heavy atom. The maximum Gasteiger partial charge on any atom is 0.226 e. The van der Waals surface area contributed by atoms with E-state index < -0.39 is 0 Å². The summed E-state index contributed by atoms with van der Waals surface area (Å²) >= 11 is 5.42. The number of anilines is 2. The Kier molecular flexibility index (Phi) is 6.77. The second-order valence-electron chi connectivity index (χ2n) is 9.03. The summed E-state index contributed by atoms with van der Waals surface area (Å²) in [6.45, 7) is 4.44. The molecule has 7 heteroatoms. The molecule has 0 bridgehead atoms. The lowest BCUT2D eigenvalue weighted by molar-refractivity contribution is -0.116. The van der Waals surface area contributed by atoms with Crippen LogP contribution < -0.4 is 10.2 Å². The molecular weight excluding hydrogens is 454 g/mol. The van der Waals surface area contributed by atoms with Crippen molar-refractivity contribution in [1.29, 1.82) is 0 Å². The number of benzene rings is 3. The number of rotatable bonds is 7. The number of aromatic amines is 1. The molecule has 2 N–H and O–H groups in total. The molecule has 4 aromatic rings. The van der Waals surface area contributed by atoms with Crippen molar-refractivity contribution in [2.24, 2.45) is 0 Å².